The third-order valence-corrected chi connectivity index (χ3v) is 3.07. The molecule has 112 valence electrons. The van der Waals surface area contributed by atoms with Gasteiger partial charge in [-0.05, 0) is 6.07 Å². The van der Waals surface area contributed by atoms with Gasteiger partial charge in [-0.2, -0.15) is 0 Å². The number of non-ortho nitro benzene ring substituents is 1. The molecule has 0 saturated carbocycles. The van der Waals surface area contributed by atoms with E-state index in [0.717, 1.165) is 0 Å². The van der Waals surface area contributed by atoms with Crippen LogP contribution in [0.25, 0.3) is 16.7 Å². The summed E-state index contributed by atoms with van der Waals surface area (Å²) in [5, 5.41) is 20.4. The lowest BCUT2D eigenvalue weighted by Crippen LogP contribution is -2.04. The van der Waals surface area contributed by atoms with Gasteiger partial charge in [0.1, 0.15) is 24.5 Å². The van der Waals surface area contributed by atoms with Crippen molar-refractivity contribution in [3.63, 3.8) is 0 Å². The first kappa shape index (κ1) is 14.0. The van der Waals surface area contributed by atoms with Crippen LogP contribution in [0.5, 0.6) is 5.75 Å². The van der Waals surface area contributed by atoms with Gasteiger partial charge in [-0.25, -0.2) is 9.97 Å². The number of fused-ring (bicyclic) bond motifs is 1. The van der Waals surface area contributed by atoms with Crippen LogP contribution in [0.2, 0.25) is 0 Å². The second kappa shape index (κ2) is 5.78. The largest absolute Gasteiger partial charge is 0.490 e. The predicted octanol–water partition coefficient (Wildman–Crippen LogP) is 1.70. The van der Waals surface area contributed by atoms with Crippen LogP contribution in [0.1, 0.15) is 0 Å². The summed E-state index contributed by atoms with van der Waals surface area (Å²) >= 11 is 0. The Kier molecular flexibility index (Phi) is 3.67. The maximum Gasteiger partial charge on any atom is 0.270 e. The maximum atomic E-state index is 10.9. The highest BCUT2D eigenvalue weighted by Crippen LogP contribution is 2.30. The van der Waals surface area contributed by atoms with Crippen LogP contribution in [0.3, 0.4) is 0 Å². The van der Waals surface area contributed by atoms with Gasteiger partial charge in [0.15, 0.2) is 0 Å². The van der Waals surface area contributed by atoms with Crippen molar-refractivity contribution in [2.45, 2.75) is 0 Å². The monoisotopic (exact) mass is 300 g/mol. The average Bonchev–Trinajstić information content (AvgIpc) is 3.06. The topological polar surface area (TPSA) is 103 Å². The third-order valence-electron chi connectivity index (χ3n) is 3.07. The number of aromatic nitrogens is 3. The Morgan fingerprint density at radius 2 is 2.23 bits per heavy atom. The zero-order valence-corrected chi connectivity index (χ0v) is 11.4. The van der Waals surface area contributed by atoms with Crippen molar-refractivity contribution in [2.24, 2.45) is 0 Å². The minimum atomic E-state index is -0.473. The number of nitro groups is 1. The molecule has 0 amide bonds. The lowest BCUT2D eigenvalue weighted by Gasteiger charge is -2.11. The van der Waals surface area contributed by atoms with Crippen molar-refractivity contribution in [1.82, 2.24) is 14.5 Å². The van der Waals surface area contributed by atoms with E-state index in [1.807, 2.05) is 0 Å². The summed E-state index contributed by atoms with van der Waals surface area (Å²) in [5.74, 6) is 0.998. The molecule has 0 aliphatic heterocycles. The SMILES string of the molecule is O=[N+]([O-])c1ccc2nc(-n3ccnc3)cc(OCCO)c2c1. The van der Waals surface area contributed by atoms with Gasteiger partial charge in [0, 0.05) is 36.0 Å². The van der Waals surface area contributed by atoms with E-state index in [1.54, 1.807) is 35.4 Å². The number of rotatable bonds is 5. The van der Waals surface area contributed by atoms with Gasteiger partial charge in [0.25, 0.3) is 5.69 Å². The molecule has 8 heteroatoms. The Labute approximate surface area is 124 Å². The molecule has 8 nitrogen and oxygen atoms in total. The van der Waals surface area contributed by atoms with Gasteiger partial charge in [-0.3, -0.25) is 14.7 Å². The number of hydrogen-bond acceptors (Lipinski definition) is 6. The highest BCUT2D eigenvalue weighted by Gasteiger charge is 2.13. The number of hydrogen-bond donors (Lipinski definition) is 1. The van der Waals surface area contributed by atoms with Crippen LogP contribution in [0, 0.1) is 10.1 Å². The smallest absolute Gasteiger partial charge is 0.270 e. The molecule has 0 bridgehead atoms. The number of pyridine rings is 1. The maximum absolute atomic E-state index is 10.9. The zero-order valence-electron chi connectivity index (χ0n) is 11.4. The highest BCUT2D eigenvalue weighted by atomic mass is 16.6. The molecule has 0 spiro atoms. The molecule has 0 unspecified atom stereocenters. The molecule has 3 aromatic rings. The Hall–Kier alpha value is -3.00. The van der Waals surface area contributed by atoms with Gasteiger partial charge in [-0.15, -0.1) is 0 Å². The molecule has 0 atom stereocenters. The standard InChI is InChI=1S/C14H12N4O4/c19-5-6-22-13-8-14(17-4-3-15-9-17)16-12-2-1-10(18(20)21)7-11(12)13/h1-4,7-9,19H,5-6H2. The van der Waals surface area contributed by atoms with E-state index in [9.17, 15) is 10.1 Å². The first-order valence-corrected chi connectivity index (χ1v) is 6.50. The van der Waals surface area contributed by atoms with E-state index < -0.39 is 4.92 Å². The van der Waals surface area contributed by atoms with Crippen LogP contribution < -0.4 is 4.74 Å². The molecule has 0 aliphatic carbocycles. The molecular weight excluding hydrogens is 288 g/mol. The Morgan fingerprint density at radius 3 is 2.91 bits per heavy atom. The van der Waals surface area contributed by atoms with Gasteiger partial charge in [0.2, 0.25) is 0 Å². The van der Waals surface area contributed by atoms with Gasteiger partial charge >= 0.3 is 0 Å². The van der Waals surface area contributed by atoms with Crippen LogP contribution in [-0.4, -0.2) is 37.8 Å². The van der Waals surface area contributed by atoms with Crippen LogP contribution in [0.4, 0.5) is 5.69 Å². The first-order valence-electron chi connectivity index (χ1n) is 6.50. The molecule has 0 fully saturated rings. The molecular formula is C14H12N4O4. The molecule has 1 aromatic carbocycles. The summed E-state index contributed by atoms with van der Waals surface area (Å²) in [4.78, 5) is 18.8. The van der Waals surface area contributed by atoms with E-state index >= 15 is 0 Å². The average molecular weight is 300 g/mol. The summed E-state index contributed by atoms with van der Waals surface area (Å²) in [7, 11) is 0. The minimum absolute atomic E-state index is 0.0430. The number of nitrogens with zero attached hydrogens (tertiary/aromatic N) is 4. The fraction of sp³-hybridized carbons (Fsp3) is 0.143. The Balaban J connectivity index is 2.18. The first-order chi connectivity index (χ1) is 10.7. The van der Waals surface area contributed by atoms with Gasteiger partial charge in [0.05, 0.1) is 17.0 Å². The quantitative estimate of drug-likeness (QED) is 0.568. The van der Waals surface area contributed by atoms with Crippen LogP contribution in [0.15, 0.2) is 43.0 Å². The lowest BCUT2D eigenvalue weighted by atomic mass is 10.2. The van der Waals surface area contributed by atoms with Crippen molar-refractivity contribution >= 4 is 16.6 Å². The van der Waals surface area contributed by atoms with Crippen molar-refractivity contribution in [1.29, 1.82) is 0 Å². The number of aliphatic hydroxyl groups is 1. The van der Waals surface area contributed by atoms with Crippen molar-refractivity contribution in [3.8, 4) is 11.6 Å². The molecule has 0 aliphatic rings. The Morgan fingerprint density at radius 1 is 1.36 bits per heavy atom. The zero-order chi connectivity index (χ0) is 15.5. The van der Waals surface area contributed by atoms with E-state index in [2.05, 4.69) is 9.97 Å². The van der Waals surface area contributed by atoms with Crippen molar-refractivity contribution < 1.29 is 14.8 Å². The third kappa shape index (κ3) is 2.59. The second-order valence-corrected chi connectivity index (χ2v) is 4.48. The number of benzene rings is 1. The van der Waals surface area contributed by atoms with E-state index in [1.165, 1.54) is 12.1 Å². The number of aliphatic hydroxyl groups excluding tert-OH is 1. The molecule has 0 saturated heterocycles. The summed E-state index contributed by atoms with van der Waals surface area (Å²) in [6.07, 6.45) is 4.95. The number of nitro benzene ring substituents is 1. The second-order valence-electron chi connectivity index (χ2n) is 4.48. The summed E-state index contributed by atoms with van der Waals surface area (Å²) in [5.41, 5.74) is 0.517. The van der Waals surface area contributed by atoms with E-state index in [-0.39, 0.29) is 18.9 Å². The fourth-order valence-electron chi connectivity index (χ4n) is 2.09. The molecule has 2 aromatic heterocycles. The minimum Gasteiger partial charge on any atom is -0.490 e. The molecule has 2 heterocycles. The molecule has 1 N–H and O–H groups in total. The fourth-order valence-corrected chi connectivity index (χ4v) is 2.09. The highest BCUT2D eigenvalue weighted by molar-refractivity contribution is 5.88. The normalized spacial score (nSPS) is 10.8. The summed E-state index contributed by atoms with van der Waals surface area (Å²) in [6, 6.07) is 6.03. The summed E-state index contributed by atoms with van der Waals surface area (Å²) in [6.45, 7) is -0.0652. The molecule has 3 rings (SSSR count). The van der Waals surface area contributed by atoms with Crippen molar-refractivity contribution in [2.75, 3.05) is 13.2 Å². The van der Waals surface area contributed by atoms with Crippen molar-refractivity contribution in [3.05, 3.63) is 53.1 Å². The van der Waals surface area contributed by atoms with E-state index in [4.69, 9.17) is 9.84 Å². The van der Waals surface area contributed by atoms with E-state index in [0.29, 0.717) is 22.5 Å². The Bertz CT molecular complexity index is 817. The number of ether oxygens (including phenoxy) is 1. The molecule has 0 radical (unpaired) electrons. The lowest BCUT2D eigenvalue weighted by molar-refractivity contribution is -0.384. The predicted molar refractivity (Wildman–Crippen MR) is 78.1 cm³/mol. The van der Waals surface area contributed by atoms with Crippen LogP contribution in [-0.2, 0) is 0 Å². The number of imidazole rings is 1. The summed E-state index contributed by atoms with van der Waals surface area (Å²) < 4.78 is 7.20. The van der Waals surface area contributed by atoms with Crippen LogP contribution >= 0.6 is 0 Å². The molecule has 22 heavy (non-hydrogen) atoms. The van der Waals surface area contributed by atoms with Gasteiger partial charge < -0.3 is 9.84 Å². The van der Waals surface area contributed by atoms with Gasteiger partial charge in [-0.1, -0.05) is 0 Å².